The van der Waals surface area contributed by atoms with Crippen molar-refractivity contribution in [1.29, 1.82) is 0 Å². The molecule has 0 amide bonds. The molecule has 0 saturated heterocycles. The Morgan fingerprint density at radius 2 is 2.40 bits per heavy atom. The minimum atomic E-state index is -0.382. The molecular formula is C10H11BN2O2. The molecule has 0 saturated carbocycles. The molecule has 0 atom stereocenters. The highest BCUT2D eigenvalue weighted by Gasteiger charge is 2.14. The van der Waals surface area contributed by atoms with Crippen LogP contribution < -0.4 is 5.46 Å². The number of hydrogen-bond donors (Lipinski definition) is 1. The van der Waals surface area contributed by atoms with Crippen LogP contribution in [0, 0.1) is 0 Å². The smallest absolute Gasteiger partial charge is 0.359 e. The summed E-state index contributed by atoms with van der Waals surface area (Å²) in [5.41, 5.74) is 2.34. The van der Waals surface area contributed by atoms with Crippen molar-refractivity contribution in [2.45, 2.75) is 6.92 Å². The van der Waals surface area contributed by atoms with Crippen LogP contribution in [0.15, 0.2) is 18.2 Å². The molecule has 1 aromatic heterocycles. The largest absolute Gasteiger partial charge is 0.461 e. The lowest BCUT2D eigenvalue weighted by molar-refractivity contribution is 0.0521. The van der Waals surface area contributed by atoms with E-state index in [1.165, 1.54) is 0 Å². The fourth-order valence-electron chi connectivity index (χ4n) is 1.49. The predicted molar refractivity (Wildman–Crippen MR) is 60.2 cm³/mol. The number of aromatic nitrogens is 2. The van der Waals surface area contributed by atoms with E-state index in [-0.39, 0.29) is 5.97 Å². The number of H-pyrrole nitrogens is 1. The molecule has 0 fully saturated rings. The normalized spacial score (nSPS) is 10.5. The lowest BCUT2D eigenvalue weighted by Gasteiger charge is -1.98. The van der Waals surface area contributed by atoms with Gasteiger partial charge in [-0.05, 0) is 13.0 Å². The fourth-order valence-corrected chi connectivity index (χ4v) is 1.49. The summed E-state index contributed by atoms with van der Waals surface area (Å²) in [6, 6.07) is 5.77. The molecule has 2 rings (SSSR count). The van der Waals surface area contributed by atoms with Crippen molar-refractivity contribution in [2.75, 3.05) is 6.61 Å². The predicted octanol–water partition coefficient (Wildman–Crippen LogP) is -0.00200. The standard InChI is InChI=1S/C10H11BN2O2/c1-2-15-10(14)9-7-4-3-6(11)5-8(7)12-13-9/h3-5H,2,11H2,1H3,(H,12,13). The third-order valence-electron chi connectivity index (χ3n) is 2.19. The Morgan fingerprint density at radius 1 is 1.60 bits per heavy atom. The zero-order valence-electron chi connectivity index (χ0n) is 8.70. The number of carbonyl (C=O) groups is 1. The summed E-state index contributed by atoms with van der Waals surface area (Å²) in [5.74, 6) is -0.382. The molecule has 1 N–H and O–H groups in total. The minimum Gasteiger partial charge on any atom is -0.461 e. The van der Waals surface area contributed by atoms with E-state index in [0.29, 0.717) is 12.3 Å². The van der Waals surface area contributed by atoms with Gasteiger partial charge in [0.05, 0.1) is 12.1 Å². The van der Waals surface area contributed by atoms with Crippen LogP contribution in [0.1, 0.15) is 17.4 Å². The number of rotatable bonds is 2. The van der Waals surface area contributed by atoms with Crippen LogP contribution in [0.3, 0.4) is 0 Å². The molecule has 0 unspecified atom stereocenters. The van der Waals surface area contributed by atoms with Gasteiger partial charge in [-0.15, -0.1) is 0 Å². The maximum absolute atomic E-state index is 11.5. The van der Waals surface area contributed by atoms with E-state index in [1.54, 1.807) is 6.92 Å². The summed E-state index contributed by atoms with van der Waals surface area (Å²) >= 11 is 0. The Morgan fingerprint density at radius 3 is 3.13 bits per heavy atom. The van der Waals surface area contributed by atoms with Gasteiger partial charge in [-0.3, -0.25) is 5.10 Å². The highest BCUT2D eigenvalue weighted by Crippen LogP contribution is 2.14. The van der Waals surface area contributed by atoms with E-state index >= 15 is 0 Å². The fraction of sp³-hybridized carbons (Fsp3) is 0.200. The quantitative estimate of drug-likeness (QED) is 0.550. The molecule has 0 radical (unpaired) electrons. The van der Waals surface area contributed by atoms with E-state index in [9.17, 15) is 4.79 Å². The SMILES string of the molecule is Bc1ccc2c(C(=O)OCC)n[nH]c2c1. The highest BCUT2D eigenvalue weighted by molar-refractivity contribution is 6.33. The number of ether oxygens (including phenoxy) is 1. The van der Waals surface area contributed by atoms with Gasteiger partial charge in [0.15, 0.2) is 5.69 Å². The van der Waals surface area contributed by atoms with Gasteiger partial charge in [-0.2, -0.15) is 5.10 Å². The van der Waals surface area contributed by atoms with Crippen molar-refractivity contribution in [3.05, 3.63) is 23.9 Å². The molecule has 0 aliphatic rings. The first-order valence-corrected chi connectivity index (χ1v) is 4.84. The molecule has 76 valence electrons. The lowest BCUT2D eigenvalue weighted by Crippen LogP contribution is -2.05. The Hall–Kier alpha value is -1.78. The van der Waals surface area contributed by atoms with Crippen molar-refractivity contribution in [3.63, 3.8) is 0 Å². The number of nitrogens with one attached hydrogen (secondary N) is 1. The van der Waals surface area contributed by atoms with Crippen molar-refractivity contribution >= 4 is 30.2 Å². The van der Waals surface area contributed by atoms with Gasteiger partial charge in [0, 0.05) is 5.39 Å². The lowest BCUT2D eigenvalue weighted by atomic mass is 9.95. The zero-order valence-corrected chi connectivity index (χ0v) is 8.70. The van der Waals surface area contributed by atoms with Crippen LogP contribution in [-0.2, 0) is 4.74 Å². The number of carbonyl (C=O) groups excluding carboxylic acids is 1. The zero-order chi connectivity index (χ0) is 10.8. The summed E-state index contributed by atoms with van der Waals surface area (Å²) in [5, 5.41) is 7.58. The van der Waals surface area contributed by atoms with E-state index in [1.807, 2.05) is 26.0 Å². The molecule has 0 bridgehead atoms. The van der Waals surface area contributed by atoms with Gasteiger partial charge in [-0.1, -0.05) is 17.6 Å². The van der Waals surface area contributed by atoms with Crippen molar-refractivity contribution in [3.8, 4) is 0 Å². The minimum absolute atomic E-state index is 0.354. The first-order chi connectivity index (χ1) is 7.22. The molecule has 4 nitrogen and oxygen atoms in total. The Balaban J connectivity index is 2.49. The van der Waals surface area contributed by atoms with Crippen LogP contribution >= 0.6 is 0 Å². The second-order valence-electron chi connectivity index (χ2n) is 3.34. The number of benzene rings is 1. The molecular weight excluding hydrogens is 191 g/mol. The molecule has 0 spiro atoms. The summed E-state index contributed by atoms with van der Waals surface area (Å²) < 4.78 is 4.90. The first-order valence-electron chi connectivity index (χ1n) is 4.84. The number of fused-ring (bicyclic) bond motifs is 1. The van der Waals surface area contributed by atoms with Crippen LogP contribution in [0.5, 0.6) is 0 Å². The van der Waals surface area contributed by atoms with Crippen LogP contribution in [0.25, 0.3) is 10.9 Å². The number of hydrogen-bond acceptors (Lipinski definition) is 3. The summed E-state index contributed by atoms with van der Waals surface area (Å²) in [7, 11) is 1.99. The Bertz CT molecular complexity index is 507. The Kier molecular flexibility index (Phi) is 2.45. The summed E-state index contributed by atoms with van der Waals surface area (Å²) in [6.07, 6.45) is 0. The van der Waals surface area contributed by atoms with Gasteiger partial charge >= 0.3 is 5.97 Å². The number of nitrogens with zero attached hydrogens (tertiary/aromatic N) is 1. The van der Waals surface area contributed by atoms with E-state index < -0.39 is 0 Å². The molecule has 0 aliphatic heterocycles. The van der Waals surface area contributed by atoms with Gasteiger partial charge in [0.1, 0.15) is 7.85 Å². The summed E-state index contributed by atoms with van der Waals surface area (Å²) in [6.45, 7) is 2.13. The average molecular weight is 202 g/mol. The van der Waals surface area contributed by atoms with Crippen LogP contribution in [-0.4, -0.2) is 30.6 Å². The second-order valence-corrected chi connectivity index (χ2v) is 3.34. The van der Waals surface area contributed by atoms with E-state index in [4.69, 9.17) is 4.74 Å². The van der Waals surface area contributed by atoms with Gasteiger partial charge in [0.2, 0.25) is 0 Å². The molecule has 1 heterocycles. The van der Waals surface area contributed by atoms with Crippen LogP contribution in [0.4, 0.5) is 0 Å². The maximum atomic E-state index is 11.5. The highest BCUT2D eigenvalue weighted by atomic mass is 16.5. The molecule has 1 aromatic carbocycles. The third-order valence-corrected chi connectivity index (χ3v) is 2.19. The van der Waals surface area contributed by atoms with Gasteiger partial charge in [0.25, 0.3) is 0 Å². The first kappa shape index (κ1) is 9.77. The summed E-state index contributed by atoms with van der Waals surface area (Å²) in [4.78, 5) is 11.5. The topological polar surface area (TPSA) is 55.0 Å². The van der Waals surface area contributed by atoms with Crippen molar-refractivity contribution < 1.29 is 9.53 Å². The number of aromatic amines is 1. The molecule has 15 heavy (non-hydrogen) atoms. The number of esters is 1. The van der Waals surface area contributed by atoms with Gasteiger partial charge in [-0.25, -0.2) is 4.79 Å². The van der Waals surface area contributed by atoms with E-state index in [2.05, 4.69) is 10.2 Å². The maximum Gasteiger partial charge on any atom is 0.359 e. The third kappa shape index (κ3) is 1.72. The molecule has 5 heteroatoms. The monoisotopic (exact) mass is 202 g/mol. The van der Waals surface area contributed by atoms with Gasteiger partial charge < -0.3 is 4.74 Å². The van der Waals surface area contributed by atoms with Crippen LogP contribution in [0.2, 0.25) is 0 Å². The van der Waals surface area contributed by atoms with Crippen molar-refractivity contribution in [2.24, 2.45) is 0 Å². The van der Waals surface area contributed by atoms with E-state index in [0.717, 1.165) is 16.4 Å². The Labute approximate surface area is 88.0 Å². The van der Waals surface area contributed by atoms with Crippen molar-refractivity contribution in [1.82, 2.24) is 10.2 Å². The molecule has 0 aliphatic carbocycles. The second kappa shape index (κ2) is 3.77. The molecule has 2 aromatic rings. The average Bonchev–Trinajstić information content (AvgIpc) is 2.60.